The Morgan fingerprint density at radius 1 is 0.933 bits per heavy atom. The number of hydrogen-bond donors (Lipinski definition) is 1. The number of para-hydroxylation sites is 2. The molecule has 4 rings (SSSR count). The molecule has 0 atom stereocenters. The average Bonchev–Trinajstić information content (AvgIpc) is 2.74. The van der Waals surface area contributed by atoms with Gasteiger partial charge in [0, 0.05) is 29.8 Å². The van der Waals surface area contributed by atoms with Crippen LogP contribution in [0.25, 0.3) is 16.6 Å². The van der Waals surface area contributed by atoms with E-state index < -0.39 is 23.0 Å². The predicted molar refractivity (Wildman–Crippen MR) is 107 cm³/mol. The highest BCUT2D eigenvalue weighted by atomic mass is 19.4. The van der Waals surface area contributed by atoms with Crippen LogP contribution in [0.15, 0.2) is 83.9 Å². The van der Waals surface area contributed by atoms with Crippen LogP contribution in [-0.2, 0) is 0 Å². The summed E-state index contributed by atoms with van der Waals surface area (Å²) in [5.74, 6) is -1.85. The summed E-state index contributed by atoms with van der Waals surface area (Å²) in [6.07, 6.45) is -3.11. The van der Waals surface area contributed by atoms with E-state index in [2.05, 4.69) is 10.3 Å². The summed E-state index contributed by atoms with van der Waals surface area (Å²) in [5.41, 5.74) is -0.316. The summed E-state index contributed by atoms with van der Waals surface area (Å²) in [5, 5.41) is 2.97. The van der Waals surface area contributed by atoms with Gasteiger partial charge in [0.25, 0.3) is 5.78 Å². The predicted octanol–water partition coefficient (Wildman–Crippen LogP) is 4.87. The van der Waals surface area contributed by atoms with Gasteiger partial charge >= 0.3 is 6.18 Å². The monoisotopic (exact) mass is 409 g/mol. The van der Waals surface area contributed by atoms with E-state index in [1.54, 1.807) is 54.6 Å². The van der Waals surface area contributed by atoms with Crippen LogP contribution in [0, 0.1) is 0 Å². The highest BCUT2D eigenvalue weighted by molar-refractivity contribution is 6.09. The Balaban J connectivity index is 2.10. The number of Topliss-reactive ketones (excluding diaryl/α,β-unsaturated/α-hetero) is 1. The fraction of sp³-hybridized carbons (Fsp3) is 0.0455. The van der Waals surface area contributed by atoms with Crippen molar-refractivity contribution in [2.24, 2.45) is 0 Å². The molecule has 0 spiro atoms. The summed E-state index contributed by atoms with van der Waals surface area (Å²) >= 11 is 0. The van der Waals surface area contributed by atoms with Gasteiger partial charge in [-0.15, -0.1) is 0 Å². The van der Waals surface area contributed by atoms with Crippen LogP contribution >= 0.6 is 0 Å². The van der Waals surface area contributed by atoms with E-state index in [-0.39, 0.29) is 16.7 Å². The topological polar surface area (TPSA) is 64.0 Å². The first kappa shape index (κ1) is 19.4. The van der Waals surface area contributed by atoms with Crippen molar-refractivity contribution in [2.45, 2.75) is 6.18 Å². The maximum absolute atomic E-state index is 13.3. The Morgan fingerprint density at radius 2 is 1.57 bits per heavy atom. The maximum Gasteiger partial charge on any atom is 0.455 e. The Hall–Kier alpha value is -3.94. The van der Waals surface area contributed by atoms with Gasteiger partial charge in [-0.1, -0.05) is 36.4 Å². The lowest BCUT2D eigenvalue weighted by molar-refractivity contribution is -0.0884. The van der Waals surface area contributed by atoms with Gasteiger partial charge in [-0.3, -0.25) is 19.1 Å². The minimum absolute atomic E-state index is 0.0902. The van der Waals surface area contributed by atoms with E-state index in [4.69, 9.17) is 0 Å². The molecule has 0 aliphatic carbocycles. The zero-order valence-electron chi connectivity index (χ0n) is 15.4. The number of anilines is 2. The first-order valence-corrected chi connectivity index (χ1v) is 8.89. The molecule has 0 amide bonds. The van der Waals surface area contributed by atoms with E-state index in [9.17, 15) is 22.8 Å². The molecule has 0 radical (unpaired) electrons. The van der Waals surface area contributed by atoms with Crippen molar-refractivity contribution in [3.8, 4) is 5.69 Å². The molecular weight excluding hydrogens is 395 g/mol. The summed E-state index contributed by atoms with van der Waals surface area (Å²) < 4.78 is 41.2. The van der Waals surface area contributed by atoms with Gasteiger partial charge in [-0.2, -0.15) is 13.2 Å². The molecule has 5 nitrogen and oxygen atoms in total. The lowest BCUT2D eigenvalue weighted by Gasteiger charge is -2.20. The number of halogens is 3. The van der Waals surface area contributed by atoms with Gasteiger partial charge in [-0.25, -0.2) is 0 Å². The molecule has 2 aromatic heterocycles. The highest BCUT2D eigenvalue weighted by Gasteiger charge is 2.41. The Labute approximate surface area is 168 Å². The SMILES string of the molecule is O=C(c1cncc2c(=O)cc(Nc3ccccc3)n(-c3ccccc3)c12)C(F)(F)F. The van der Waals surface area contributed by atoms with Crippen LogP contribution in [0.3, 0.4) is 0 Å². The Bertz CT molecular complexity index is 1280. The van der Waals surface area contributed by atoms with E-state index in [0.717, 1.165) is 12.4 Å². The second-order valence-electron chi connectivity index (χ2n) is 6.47. The summed E-state index contributed by atoms with van der Waals surface area (Å²) in [4.78, 5) is 28.6. The van der Waals surface area contributed by atoms with E-state index in [1.807, 2.05) is 6.07 Å². The molecule has 8 heteroatoms. The molecule has 150 valence electrons. The number of carbonyl (C=O) groups is 1. The fourth-order valence-electron chi connectivity index (χ4n) is 3.19. The number of fused-ring (bicyclic) bond motifs is 1. The number of hydrogen-bond acceptors (Lipinski definition) is 4. The van der Waals surface area contributed by atoms with Gasteiger partial charge < -0.3 is 5.32 Å². The number of ketones is 1. The van der Waals surface area contributed by atoms with Crippen molar-refractivity contribution >= 4 is 28.2 Å². The molecule has 0 fully saturated rings. The molecule has 4 aromatic rings. The number of nitrogens with one attached hydrogen (secondary N) is 1. The van der Waals surface area contributed by atoms with Crippen molar-refractivity contribution in [2.75, 3.05) is 5.32 Å². The molecule has 2 aromatic carbocycles. The standard InChI is InChI=1S/C22H14F3N3O2/c23-22(24,25)21(30)17-13-26-12-16-18(29)11-19(27-14-7-3-1-4-8-14)28(20(16)17)15-9-5-2-6-10-15/h1-13,27H. The average molecular weight is 409 g/mol. The molecule has 0 saturated heterocycles. The molecule has 0 aliphatic heterocycles. The lowest BCUT2D eigenvalue weighted by Crippen LogP contribution is -2.25. The van der Waals surface area contributed by atoms with E-state index >= 15 is 0 Å². The lowest BCUT2D eigenvalue weighted by atomic mass is 10.1. The number of nitrogens with zero attached hydrogens (tertiary/aromatic N) is 2. The van der Waals surface area contributed by atoms with Gasteiger partial charge in [0.2, 0.25) is 0 Å². The number of rotatable bonds is 4. The van der Waals surface area contributed by atoms with Gasteiger partial charge in [-0.05, 0) is 24.3 Å². The number of aromatic nitrogens is 2. The van der Waals surface area contributed by atoms with E-state index in [0.29, 0.717) is 11.4 Å². The van der Waals surface area contributed by atoms with Crippen molar-refractivity contribution in [1.82, 2.24) is 9.55 Å². The number of carbonyl (C=O) groups excluding carboxylic acids is 1. The number of pyridine rings is 2. The first-order chi connectivity index (χ1) is 14.4. The van der Waals surface area contributed by atoms with Gasteiger partial charge in [0.05, 0.1) is 16.5 Å². The maximum atomic E-state index is 13.3. The fourth-order valence-corrected chi connectivity index (χ4v) is 3.19. The third-order valence-electron chi connectivity index (χ3n) is 4.48. The molecule has 0 unspecified atom stereocenters. The minimum Gasteiger partial charge on any atom is -0.341 e. The summed E-state index contributed by atoms with van der Waals surface area (Å²) in [6.45, 7) is 0. The molecule has 2 heterocycles. The quantitative estimate of drug-likeness (QED) is 0.488. The van der Waals surface area contributed by atoms with Crippen LogP contribution in [0.2, 0.25) is 0 Å². The smallest absolute Gasteiger partial charge is 0.341 e. The number of alkyl halides is 3. The van der Waals surface area contributed by atoms with Crippen LogP contribution in [0.4, 0.5) is 24.7 Å². The van der Waals surface area contributed by atoms with Crippen molar-refractivity contribution < 1.29 is 18.0 Å². The van der Waals surface area contributed by atoms with Crippen LogP contribution in [0.1, 0.15) is 10.4 Å². The second-order valence-corrected chi connectivity index (χ2v) is 6.47. The van der Waals surface area contributed by atoms with Crippen molar-refractivity contribution in [3.63, 3.8) is 0 Å². The van der Waals surface area contributed by atoms with Crippen molar-refractivity contribution in [1.29, 1.82) is 0 Å². The second kappa shape index (κ2) is 7.47. The van der Waals surface area contributed by atoms with Gasteiger partial charge in [0.15, 0.2) is 5.43 Å². The Morgan fingerprint density at radius 3 is 2.20 bits per heavy atom. The first-order valence-electron chi connectivity index (χ1n) is 8.89. The largest absolute Gasteiger partial charge is 0.455 e. The zero-order valence-corrected chi connectivity index (χ0v) is 15.4. The van der Waals surface area contributed by atoms with Crippen LogP contribution in [-0.4, -0.2) is 21.5 Å². The molecule has 30 heavy (non-hydrogen) atoms. The third-order valence-corrected chi connectivity index (χ3v) is 4.48. The molecule has 1 N–H and O–H groups in total. The zero-order chi connectivity index (χ0) is 21.3. The molecule has 0 aliphatic rings. The molecule has 0 bridgehead atoms. The third kappa shape index (κ3) is 3.55. The molecular formula is C22H14F3N3O2. The van der Waals surface area contributed by atoms with Crippen LogP contribution < -0.4 is 10.7 Å². The summed E-state index contributed by atoms with van der Waals surface area (Å²) in [6, 6.07) is 18.6. The Kier molecular flexibility index (Phi) is 4.83. The van der Waals surface area contributed by atoms with Gasteiger partial charge in [0.1, 0.15) is 5.82 Å². The normalized spacial score (nSPS) is 11.4. The molecule has 0 saturated carbocycles. The van der Waals surface area contributed by atoms with Crippen LogP contribution in [0.5, 0.6) is 0 Å². The van der Waals surface area contributed by atoms with Crippen molar-refractivity contribution in [3.05, 3.63) is 94.9 Å². The highest BCUT2D eigenvalue weighted by Crippen LogP contribution is 2.30. The number of benzene rings is 2. The minimum atomic E-state index is -5.11. The van der Waals surface area contributed by atoms with E-state index in [1.165, 1.54) is 10.6 Å². The summed E-state index contributed by atoms with van der Waals surface area (Å²) in [7, 11) is 0.